The van der Waals surface area contributed by atoms with Crippen LogP contribution in [0.4, 0.5) is 0 Å². The maximum Gasteiger partial charge on any atom is 0.153 e. The molecule has 16 heavy (non-hydrogen) atoms. The van der Waals surface area contributed by atoms with Gasteiger partial charge in [0.1, 0.15) is 0 Å². The summed E-state index contributed by atoms with van der Waals surface area (Å²) in [5, 5.41) is 3.10. The zero-order valence-electron chi connectivity index (χ0n) is 11.0. The molecule has 0 saturated heterocycles. The Morgan fingerprint density at radius 3 is 2.31 bits per heavy atom. The van der Waals surface area contributed by atoms with Gasteiger partial charge in [-0.2, -0.15) is 0 Å². The van der Waals surface area contributed by atoms with Crippen molar-refractivity contribution in [3.8, 4) is 0 Å². The average molecular weight is 251 g/mol. The monoisotopic (exact) mass is 251 g/mol. The SMILES string of the molecule is CC(C)COCCNCC(C)(C)S(C)(=O)=O. The summed E-state index contributed by atoms with van der Waals surface area (Å²) in [6.07, 6.45) is 1.27. The Morgan fingerprint density at radius 1 is 1.31 bits per heavy atom. The van der Waals surface area contributed by atoms with Crippen molar-refractivity contribution >= 4 is 9.84 Å². The number of rotatable bonds is 8. The molecule has 5 heteroatoms. The standard InChI is InChI=1S/C11H25NO3S/c1-10(2)8-15-7-6-12-9-11(3,4)16(5,13)14/h10,12H,6-9H2,1-5H3. The van der Waals surface area contributed by atoms with Crippen LogP contribution in [0.3, 0.4) is 0 Å². The van der Waals surface area contributed by atoms with Crippen molar-refractivity contribution in [2.45, 2.75) is 32.4 Å². The fourth-order valence-electron chi connectivity index (χ4n) is 0.984. The maximum atomic E-state index is 11.4. The van der Waals surface area contributed by atoms with Crippen LogP contribution in [0, 0.1) is 5.92 Å². The van der Waals surface area contributed by atoms with Crippen molar-refractivity contribution in [1.82, 2.24) is 5.32 Å². The summed E-state index contributed by atoms with van der Waals surface area (Å²) in [5.41, 5.74) is 0. The van der Waals surface area contributed by atoms with Crippen molar-refractivity contribution in [3.63, 3.8) is 0 Å². The number of sulfone groups is 1. The lowest BCUT2D eigenvalue weighted by molar-refractivity contribution is 0.111. The summed E-state index contributed by atoms with van der Waals surface area (Å²) in [6, 6.07) is 0. The zero-order valence-corrected chi connectivity index (χ0v) is 11.9. The Hall–Kier alpha value is -0.130. The van der Waals surface area contributed by atoms with Gasteiger partial charge in [0.15, 0.2) is 9.84 Å². The first-order valence-electron chi connectivity index (χ1n) is 5.65. The molecular formula is C11H25NO3S. The molecule has 0 aromatic heterocycles. The van der Waals surface area contributed by atoms with E-state index in [-0.39, 0.29) is 0 Å². The first kappa shape index (κ1) is 15.9. The largest absolute Gasteiger partial charge is 0.380 e. The van der Waals surface area contributed by atoms with E-state index in [9.17, 15) is 8.42 Å². The first-order chi connectivity index (χ1) is 7.17. The highest BCUT2D eigenvalue weighted by Crippen LogP contribution is 2.12. The van der Waals surface area contributed by atoms with Gasteiger partial charge in [-0.15, -0.1) is 0 Å². The van der Waals surface area contributed by atoms with Crippen LogP contribution in [0.15, 0.2) is 0 Å². The molecule has 0 heterocycles. The lowest BCUT2D eigenvalue weighted by Gasteiger charge is -2.22. The van der Waals surface area contributed by atoms with E-state index in [1.807, 2.05) is 0 Å². The molecule has 0 unspecified atom stereocenters. The highest BCUT2D eigenvalue weighted by atomic mass is 32.2. The minimum absolute atomic E-state index is 0.455. The third kappa shape index (κ3) is 6.45. The Labute approximate surface area is 99.7 Å². The quantitative estimate of drug-likeness (QED) is 0.656. The second-order valence-corrected chi connectivity index (χ2v) is 7.83. The van der Waals surface area contributed by atoms with Crippen molar-refractivity contribution in [2.75, 3.05) is 32.6 Å². The van der Waals surface area contributed by atoms with E-state index in [0.29, 0.717) is 25.6 Å². The van der Waals surface area contributed by atoms with Crippen LogP contribution in [0.25, 0.3) is 0 Å². The molecule has 0 aliphatic heterocycles. The molecule has 0 rings (SSSR count). The normalized spacial score (nSPS) is 13.4. The second kappa shape index (κ2) is 6.57. The third-order valence-electron chi connectivity index (χ3n) is 2.43. The summed E-state index contributed by atoms with van der Waals surface area (Å²) < 4.78 is 27.4. The fourth-order valence-corrected chi connectivity index (χ4v) is 1.35. The minimum Gasteiger partial charge on any atom is -0.380 e. The lowest BCUT2D eigenvalue weighted by atomic mass is 10.2. The summed E-state index contributed by atoms with van der Waals surface area (Å²) in [6.45, 7) is 10.2. The minimum atomic E-state index is -3.01. The maximum absolute atomic E-state index is 11.4. The summed E-state index contributed by atoms with van der Waals surface area (Å²) in [4.78, 5) is 0. The van der Waals surface area contributed by atoms with E-state index >= 15 is 0 Å². The number of nitrogens with one attached hydrogen (secondary N) is 1. The molecule has 4 nitrogen and oxygen atoms in total. The van der Waals surface area contributed by atoms with Crippen LogP contribution < -0.4 is 5.32 Å². The molecule has 0 atom stereocenters. The summed E-state index contributed by atoms with van der Waals surface area (Å²) >= 11 is 0. The van der Waals surface area contributed by atoms with Crippen molar-refractivity contribution < 1.29 is 13.2 Å². The second-order valence-electron chi connectivity index (χ2n) is 5.18. The number of hydrogen-bond donors (Lipinski definition) is 1. The van der Waals surface area contributed by atoms with Gasteiger partial charge in [0.25, 0.3) is 0 Å². The molecule has 0 aliphatic rings. The summed E-state index contributed by atoms with van der Waals surface area (Å²) in [7, 11) is -3.01. The van der Waals surface area contributed by atoms with E-state index in [1.165, 1.54) is 6.26 Å². The van der Waals surface area contributed by atoms with Gasteiger partial charge in [-0.3, -0.25) is 0 Å². The average Bonchev–Trinajstić information content (AvgIpc) is 2.08. The van der Waals surface area contributed by atoms with E-state index in [0.717, 1.165) is 6.61 Å². The highest BCUT2D eigenvalue weighted by Gasteiger charge is 2.29. The molecule has 0 aromatic rings. The molecule has 0 spiro atoms. The van der Waals surface area contributed by atoms with Gasteiger partial charge in [-0.05, 0) is 19.8 Å². The van der Waals surface area contributed by atoms with Crippen LogP contribution in [-0.2, 0) is 14.6 Å². The van der Waals surface area contributed by atoms with Crippen molar-refractivity contribution in [3.05, 3.63) is 0 Å². The van der Waals surface area contributed by atoms with Crippen molar-refractivity contribution in [1.29, 1.82) is 0 Å². The van der Waals surface area contributed by atoms with Gasteiger partial charge in [0.2, 0.25) is 0 Å². The predicted octanol–water partition coefficient (Wildman–Crippen LogP) is 1.07. The van der Waals surface area contributed by atoms with E-state index in [4.69, 9.17) is 4.74 Å². The van der Waals surface area contributed by atoms with E-state index in [2.05, 4.69) is 19.2 Å². The number of hydrogen-bond acceptors (Lipinski definition) is 4. The molecule has 98 valence electrons. The van der Waals surface area contributed by atoms with Crippen LogP contribution in [-0.4, -0.2) is 45.7 Å². The Morgan fingerprint density at radius 2 is 1.88 bits per heavy atom. The van der Waals surface area contributed by atoms with Gasteiger partial charge in [0, 0.05) is 26.0 Å². The van der Waals surface area contributed by atoms with Crippen LogP contribution >= 0.6 is 0 Å². The van der Waals surface area contributed by atoms with E-state index in [1.54, 1.807) is 13.8 Å². The molecular weight excluding hydrogens is 226 g/mol. The van der Waals surface area contributed by atoms with Crippen LogP contribution in [0.5, 0.6) is 0 Å². The molecule has 0 aromatic carbocycles. The van der Waals surface area contributed by atoms with Crippen LogP contribution in [0.2, 0.25) is 0 Å². The van der Waals surface area contributed by atoms with Gasteiger partial charge in [0.05, 0.1) is 11.4 Å². The highest BCUT2D eigenvalue weighted by molar-refractivity contribution is 7.92. The topological polar surface area (TPSA) is 55.4 Å². The third-order valence-corrected chi connectivity index (χ3v) is 4.58. The fraction of sp³-hybridized carbons (Fsp3) is 1.00. The van der Waals surface area contributed by atoms with Gasteiger partial charge >= 0.3 is 0 Å². The molecule has 0 bridgehead atoms. The van der Waals surface area contributed by atoms with Gasteiger partial charge in [-0.1, -0.05) is 13.8 Å². The number of ether oxygens (including phenoxy) is 1. The smallest absolute Gasteiger partial charge is 0.153 e. The first-order valence-corrected chi connectivity index (χ1v) is 7.54. The van der Waals surface area contributed by atoms with E-state index < -0.39 is 14.6 Å². The van der Waals surface area contributed by atoms with Crippen molar-refractivity contribution in [2.24, 2.45) is 5.92 Å². The molecule has 0 aliphatic carbocycles. The molecule has 0 saturated carbocycles. The Bertz CT molecular complexity index is 284. The van der Waals surface area contributed by atoms with Crippen LogP contribution in [0.1, 0.15) is 27.7 Å². The molecule has 0 radical (unpaired) electrons. The summed E-state index contributed by atoms with van der Waals surface area (Å²) in [5.74, 6) is 0.535. The molecule has 0 fully saturated rings. The predicted molar refractivity (Wildman–Crippen MR) is 67.4 cm³/mol. The molecule has 0 amide bonds. The molecule has 1 N–H and O–H groups in total. The van der Waals surface area contributed by atoms with Gasteiger partial charge in [-0.25, -0.2) is 8.42 Å². The zero-order chi connectivity index (χ0) is 12.8. The Balaban J connectivity index is 3.67. The van der Waals surface area contributed by atoms with Gasteiger partial charge < -0.3 is 10.1 Å². The Kier molecular flexibility index (Phi) is 6.51. The lowest BCUT2D eigenvalue weighted by Crippen LogP contribution is -2.42.